The highest BCUT2D eigenvalue weighted by molar-refractivity contribution is 7.15. The largest absolute Gasteiger partial charge is 0.375 e. The van der Waals surface area contributed by atoms with Gasteiger partial charge in [-0.15, -0.1) is 11.3 Å². The molecule has 1 aromatic carbocycles. The van der Waals surface area contributed by atoms with Crippen molar-refractivity contribution >= 4 is 16.5 Å². The van der Waals surface area contributed by atoms with E-state index in [9.17, 15) is 0 Å². The first-order chi connectivity index (χ1) is 10.7. The summed E-state index contributed by atoms with van der Waals surface area (Å²) < 4.78 is 0. The Labute approximate surface area is 136 Å². The molecule has 0 aliphatic heterocycles. The van der Waals surface area contributed by atoms with Crippen molar-refractivity contribution in [3.8, 4) is 0 Å². The SMILES string of the molecule is Cc1ccccc1C1CC(N(Cc2cnc(N)s2)C2CC2)C1. The molecule has 2 fully saturated rings. The molecular formula is C18H23N3S. The van der Waals surface area contributed by atoms with Gasteiger partial charge in [0.15, 0.2) is 5.13 Å². The van der Waals surface area contributed by atoms with Crippen molar-refractivity contribution in [3.05, 3.63) is 46.5 Å². The minimum atomic E-state index is 0.692. The van der Waals surface area contributed by atoms with Crippen molar-refractivity contribution in [1.29, 1.82) is 0 Å². The molecule has 0 unspecified atom stereocenters. The Morgan fingerprint density at radius 2 is 2.00 bits per heavy atom. The predicted molar refractivity (Wildman–Crippen MR) is 92.0 cm³/mol. The van der Waals surface area contributed by atoms with E-state index >= 15 is 0 Å². The lowest BCUT2D eigenvalue weighted by atomic mass is 9.73. The van der Waals surface area contributed by atoms with Crippen LogP contribution < -0.4 is 5.73 Å². The van der Waals surface area contributed by atoms with Crippen molar-refractivity contribution in [3.63, 3.8) is 0 Å². The summed E-state index contributed by atoms with van der Waals surface area (Å²) in [4.78, 5) is 8.22. The molecule has 116 valence electrons. The second-order valence-corrected chi connectivity index (χ2v) is 7.89. The summed E-state index contributed by atoms with van der Waals surface area (Å²) in [6.45, 7) is 3.27. The van der Waals surface area contributed by atoms with Crippen LogP contribution in [0.5, 0.6) is 0 Å². The summed E-state index contributed by atoms with van der Waals surface area (Å²) >= 11 is 1.64. The second-order valence-electron chi connectivity index (χ2n) is 6.75. The molecule has 0 spiro atoms. The number of anilines is 1. The van der Waals surface area contributed by atoms with Gasteiger partial charge in [-0.2, -0.15) is 0 Å². The van der Waals surface area contributed by atoms with Gasteiger partial charge < -0.3 is 5.73 Å². The molecular weight excluding hydrogens is 290 g/mol. The Balaban J connectivity index is 1.42. The van der Waals surface area contributed by atoms with Crippen LogP contribution in [0.15, 0.2) is 30.5 Å². The molecule has 2 aliphatic rings. The molecule has 0 atom stereocenters. The van der Waals surface area contributed by atoms with Crippen LogP contribution in [0.3, 0.4) is 0 Å². The number of rotatable bonds is 5. The Bertz CT molecular complexity index is 656. The van der Waals surface area contributed by atoms with E-state index in [4.69, 9.17) is 5.73 Å². The van der Waals surface area contributed by atoms with E-state index in [2.05, 4.69) is 41.1 Å². The zero-order valence-electron chi connectivity index (χ0n) is 13.0. The Morgan fingerprint density at radius 1 is 1.23 bits per heavy atom. The number of nitrogens with zero attached hydrogens (tertiary/aromatic N) is 2. The lowest BCUT2D eigenvalue weighted by molar-refractivity contribution is 0.0938. The monoisotopic (exact) mass is 313 g/mol. The van der Waals surface area contributed by atoms with Gasteiger partial charge >= 0.3 is 0 Å². The third-order valence-electron chi connectivity index (χ3n) is 5.14. The van der Waals surface area contributed by atoms with Gasteiger partial charge in [-0.25, -0.2) is 4.98 Å². The van der Waals surface area contributed by atoms with Crippen LogP contribution in [-0.4, -0.2) is 22.0 Å². The molecule has 2 N–H and O–H groups in total. The van der Waals surface area contributed by atoms with Crippen LogP contribution in [-0.2, 0) is 6.54 Å². The van der Waals surface area contributed by atoms with Crippen molar-refractivity contribution in [2.45, 2.75) is 57.2 Å². The minimum Gasteiger partial charge on any atom is -0.375 e. The molecule has 4 rings (SSSR count). The zero-order chi connectivity index (χ0) is 15.1. The van der Waals surface area contributed by atoms with Crippen LogP contribution in [0.2, 0.25) is 0 Å². The summed E-state index contributed by atoms with van der Waals surface area (Å²) in [7, 11) is 0. The average molecular weight is 313 g/mol. The van der Waals surface area contributed by atoms with Crippen molar-refractivity contribution in [1.82, 2.24) is 9.88 Å². The topological polar surface area (TPSA) is 42.2 Å². The maximum Gasteiger partial charge on any atom is 0.180 e. The number of nitrogens with two attached hydrogens (primary N) is 1. The molecule has 2 aromatic rings. The fourth-order valence-electron chi connectivity index (χ4n) is 3.70. The van der Waals surface area contributed by atoms with Gasteiger partial charge in [0, 0.05) is 29.7 Å². The molecule has 22 heavy (non-hydrogen) atoms. The first kappa shape index (κ1) is 14.2. The molecule has 1 heterocycles. The standard InChI is InChI=1S/C18H23N3S/c1-12-4-2-3-5-17(12)13-8-15(9-13)21(14-6-7-14)11-16-10-20-18(19)22-16/h2-5,10,13-15H,6-9,11H2,1H3,(H2,19,20). The maximum absolute atomic E-state index is 5.77. The number of benzene rings is 1. The lowest BCUT2D eigenvalue weighted by Crippen LogP contribution is -2.44. The molecule has 0 saturated heterocycles. The van der Waals surface area contributed by atoms with Crippen molar-refractivity contribution in [2.24, 2.45) is 0 Å². The molecule has 4 heteroatoms. The van der Waals surface area contributed by atoms with Crippen LogP contribution in [0.1, 0.15) is 47.6 Å². The fraction of sp³-hybridized carbons (Fsp3) is 0.500. The van der Waals surface area contributed by atoms with Crippen molar-refractivity contribution < 1.29 is 0 Å². The molecule has 3 nitrogen and oxygen atoms in total. The number of nitrogen functional groups attached to an aromatic ring is 1. The minimum absolute atomic E-state index is 0.692. The van der Waals surface area contributed by atoms with Gasteiger partial charge in [-0.1, -0.05) is 24.3 Å². The first-order valence-corrected chi connectivity index (χ1v) is 9.04. The van der Waals surface area contributed by atoms with Crippen molar-refractivity contribution in [2.75, 3.05) is 5.73 Å². The van der Waals surface area contributed by atoms with E-state index in [1.165, 1.54) is 36.1 Å². The number of hydrogen-bond donors (Lipinski definition) is 1. The Hall–Kier alpha value is -1.39. The van der Waals surface area contributed by atoms with E-state index in [-0.39, 0.29) is 0 Å². The highest BCUT2D eigenvalue weighted by atomic mass is 32.1. The van der Waals surface area contributed by atoms with Gasteiger partial charge in [-0.05, 0) is 49.7 Å². The lowest BCUT2D eigenvalue weighted by Gasteiger charge is -2.44. The fourth-order valence-corrected chi connectivity index (χ4v) is 4.39. The molecule has 0 amide bonds. The van der Waals surface area contributed by atoms with E-state index in [0.29, 0.717) is 5.13 Å². The zero-order valence-corrected chi connectivity index (χ0v) is 13.9. The predicted octanol–water partition coefficient (Wildman–Crippen LogP) is 3.94. The van der Waals surface area contributed by atoms with E-state index in [0.717, 1.165) is 24.5 Å². The average Bonchev–Trinajstić information content (AvgIpc) is 3.22. The summed E-state index contributed by atoms with van der Waals surface area (Å²) in [6, 6.07) is 10.4. The number of hydrogen-bond acceptors (Lipinski definition) is 4. The highest BCUT2D eigenvalue weighted by Crippen LogP contribution is 2.45. The van der Waals surface area contributed by atoms with Gasteiger partial charge in [-0.3, -0.25) is 4.90 Å². The number of aromatic nitrogens is 1. The van der Waals surface area contributed by atoms with Gasteiger partial charge in [0.1, 0.15) is 0 Å². The van der Waals surface area contributed by atoms with Crippen LogP contribution in [0.4, 0.5) is 5.13 Å². The third kappa shape index (κ3) is 2.77. The summed E-state index contributed by atoms with van der Waals surface area (Å²) in [5.41, 5.74) is 8.77. The first-order valence-electron chi connectivity index (χ1n) is 8.22. The highest BCUT2D eigenvalue weighted by Gasteiger charge is 2.41. The van der Waals surface area contributed by atoms with Crippen LogP contribution >= 0.6 is 11.3 Å². The Morgan fingerprint density at radius 3 is 2.64 bits per heavy atom. The summed E-state index contributed by atoms with van der Waals surface area (Å²) in [6.07, 6.45) is 7.28. The van der Waals surface area contributed by atoms with Crippen LogP contribution in [0, 0.1) is 6.92 Å². The Kier molecular flexibility index (Phi) is 3.66. The van der Waals surface area contributed by atoms with Crippen LogP contribution in [0.25, 0.3) is 0 Å². The molecule has 0 bridgehead atoms. The molecule has 1 aromatic heterocycles. The molecule has 2 aliphatic carbocycles. The molecule has 0 radical (unpaired) electrons. The van der Waals surface area contributed by atoms with E-state index in [1.54, 1.807) is 16.9 Å². The maximum atomic E-state index is 5.77. The van der Waals surface area contributed by atoms with Gasteiger partial charge in [0.2, 0.25) is 0 Å². The summed E-state index contributed by atoms with van der Waals surface area (Å²) in [5, 5.41) is 0.692. The van der Waals surface area contributed by atoms with Gasteiger partial charge in [0.25, 0.3) is 0 Å². The second kappa shape index (κ2) is 5.67. The van der Waals surface area contributed by atoms with Gasteiger partial charge in [0.05, 0.1) is 0 Å². The quantitative estimate of drug-likeness (QED) is 0.909. The number of thiazole rings is 1. The molecule has 2 saturated carbocycles. The smallest absolute Gasteiger partial charge is 0.180 e. The summed E-state index contributed by atoms with van der Waals surface area (Å²) in [5.74, 6) is 0.749. The van der Waals surface area contributed by atoms with E-state index < -0.39 is 0 Å². The normalized spacial score (nSPS) is 24.5. The third-order valence-corrected chi connectivity index (χ3v) is 5.95. The number of aryl methyl sites for hydroxylation is 1. The van der Waals surface area contributed by atoms with E-state index in [1.807, 2.05) is 6.20 Å².